The maximum absolute atomic E-state index is 3.86. The quantitative estimate of drug-likeness (QED) is 0.777. The van der Waals surface area contributed by atoms with E-state index >= 15 is 0 Å². The highest BCUT2D eigenvalue weighted by Crippen LogP contribution is 2.36. The van der Waals surface area contributed by atoms with Crippen LogP contribution in [0.4, 0.5) is 0 Å². The second-order valence-corrected chi connectivity index (χ2v) is 5.29. The molecule has 0 bridgehead atoms. The van der Waals surface area contributed by atoms with E-state index in [4.69, 9.17) is 0 Å². The average Bonchev–Trinajstić information content (AvgIpc) is 2.40. The minimum Gasteiger partial charge on any atom is -0.313 e. The Bertz CT molecular complexity index is 347. The number of rotatable bonds is 4. The van der Waals surface area contributed by atoms with Crippen molar-refractivity contribution in [1.82, 2.24) is 5.32 Å². The van der Waals surface area contributed by atoms with Gasteiger partial charge in [-0.15, -0.1) is 6.58 Å². The maximum atomic E-state index is 3.86. The summed E-state index contributed by atoms with van der Waals surface area (Å²) < 4.78 is 0. The molecule has 0 radical (unpaired) electrons. The van der Waals surface area contributed by atoms with Crippen LogP contribution in [-0.4, -0.2) is 12.6 Å². The van der Waals surface area contributed by atoms with E-state index in [0.29, 0.717) is 11.5 Å². The Balaban J connectivity index is 2.21. The predicted molar refractivity (Wildman–Crippen MR) is 74.2 cm³/mol. The summed E-state index contributed by atoms with van der Waals surface area (Å²) in [5.74, 6) is 0. The number of benzene rings is 1. The zero-order valence-corrected chi connectivity index (χ0v) is 10.8. The molecule has 1 aliphatic heterocycles. The molecular formula is C16H23N. The molecule has 92 valence electrons. The Morgan fingerprint density at radius 3 is 2.76 bits per heavy atom. The topological polar surface area (TPSA) is 12.0 Å². The number of piperidine rings is 1. The molecule has 0 aliphatic carbocycles. The molecule has 1 fully saturated rings. The molecule has 0 spiro atoms. The zero-order chi connectivity index (χ0) is 12.1. The molecule has 1 N–H and O–H groups in total. The minimum atomic E-state index is 0.321. The van der Waals surface area contributed by atoms with Gasteiger partial charge in [-0.2, -0.15) is 0 Å². The number of nitrogens with one attached hydrogen (secondary N) is 1. The van der Waals surface area contributed by atoms with Gasteiger partial charge in [0.1, 0.15) is 0 Å². The SMILES string of the molecule is C=CCCC1(c2ccccc2)CCC(C)NC1. The summed E-state index contributed by atoms with van der Waals surface area (Å²) in [6.45, 7) is 7.25. The molecule has 1 aliphatic rings. The van der Waals surface area contributed by atoms with Gasteiger partial charge in [0.15, 0.2) is 0 Å². The minimum absolute atomic E-state index is 0.321. The highest BCUT2D eigenvalue weighted by Gasteiger charge is 2.34. The first kappa shape index (κ1) is 12.4. The van der Waals surface area contributed by atoms with Crippen LogP contribution in [-0.2, 0) is 5.41 Å². The lowest BCUT2D eigenvalue weighted by Gasteiger charge is -2.40. The van der Waals surface area contributed by atoms with E-state index in [0.717, 1.165) is 13.0 Å². The highest BCUT2D eigenvalue weighted by molar-refractivity contribution is 5.27. The van der Waals surface area contributed by atoms with Gasteiger partial charge >= 0.3 is 0 Å². The van der Waals surface area contributed by atoms with Crippen molar-refractivity contribution in [2.24, 2.45) is 0 Å². The van der Waals surface area contributed by atoms with Gasteiger partial charge in [-0.25, -0.2) is 0 Å². The lowest BCUT2D eigenvalue weighted by Crippen LogP contribution is -2.47. The van der Waals surface area contributed by atoms with Crippen LogP contribution < -0.4 is 5.32 Å². The van der Waals surface area contributed by atoms with E-state index in [1.165, 1.54) is 24.8 Å². The predicted octanol–water partition coefficient (Wildman–Crippen LogP) is 3.66. The molecule has 0 amide bonds. The van der Waals surface area contributed by atoms with E-state index in [-0.39, 0.29) is 0 Å². The van der Waals surface area contributed by atoms with E-state index in [2.05, 4.69) is 49.2 Å². The lowest BCUT2D eigenvalue weighted by molar-refractivity contribution is 0.257. The van der Waals surface area contributed by atoms with Gasteiger partial charge in [-0.3, -0.25) is 0 Å². The molecule has 1 aromatic carbocycles. The van der Waals surface area contributed by atoms with E-state index in [1.54, 1.807) is 0 Å². The third-order valence-electron chi connectivity index (χ3n) is 4.06. The van der Waals surface area contributed by atoms with Gasteiger partial charge in [0.25, 0.3) is 0 Å². The Morgan fingerprint density at radius 1 is 1.41 bits per heavy atom. The fraction of sp³-hybridized carbons (Fsp3) is 0.500. The van der Waals surface area contributed by atoms with Gasteiger partial charge in [0, 0.05) is 18.0 Å². The van der Waals surface area contributed by atoms with Crippen molar-refractivity contribution in [2.75, 3.05) is 6.54 Å². The van der Waals surface area contributed by atoms with Gasteiger partial charge in [-0.05, 0) is 38.2 Å². The van der Waals surface area contributed by atoms with Crippen molar-refractivity contribution in [3.05, 3.63) is 48.6 Å². The van der Waals surface area contributed by atoms with Crippen molar-refractivity contribution in [3.8, 4) is 0 Å². The Kier molecular flexibility index (Phi) is 4.01. The molecule has 1 saturated heterocycles. The first-order valence-corrected chi connectivity index (χ1v) is 6.67. The van der Waals surface area contributed by atoms with Gasteiger partial charge in [0.05, 0.1) is 0 Å². The Morgan fingerprint density at radius 2 is 2.18 bits per heavy atom. The van der Waals surface area contributed by atoms with Crippen molar-refractivity contribution >= 4 is 0 Å². The molecule has 2 atom stereocenters. The van der Waals surface area contributed by atoms with E-state index < -0.39 is 0 Å². The standard InChI is InChI=1S/C16H23N/c1-3-4-11-16(12-10-14(2)17-13-16)15-8-6-5-7-9-15/h3,5-9,14,17H,1,4,10-13H2,2H3. The fourth-order valence-electron chi connectivity index (χ4n) is 2.83. The summed E-state index contributed by atoms with van der Waals surface area (Å²) >= 11 is 0. The fourth-order valence-corrected chi connectivity index (χ4v) is 2.83. The molecule has 2 unspecified atom stereocenters. The summed E-state index contributed by atoms with van der Waals surface area (Å²) in [4.78, 5) is 0. The number of hydrogen-bond acceptors (Lipinski definition) is 1. The van der Waals surface area contributed by atoms with Gasteiger partial charge in [-0.1, -0.05) is 36.4 Å². The van der Waals surface area contributed by atoms with Crippen molar-refractivity contribution in [3.63, 3.8) is 0 Å². The van der Waals surface area contributed by atoms with Crippen LogP contribution in [0.1, 0.15) is 38.2 Å². The second kappa shape index (κ2) is 5.50. The van der Waals surface area contributed by atoms with E-state index in [9.17, 15) is 0 Å². The molecular weight excluding hydrogens is 206 g/mol. The molecule has 1 aromatic rings. The third kappa shape index (κ3) is 2.78. The number of hydrogen-bond donors (Lipinski definition) is 1. The van der Waals surface area contributed by atoms with Crippen LogP contribution in [0.5, 0.6) is 0 Å². The van der Waals surface area contributed by atoms with Crippen molar-refractivity contribution < 1.29 is 0 Å². The van der Waals surface area contributed by atoms with Crippen molar-refractivity contribution in [2.45, 2.75) is 44.1 Å². The second-order valence-electron chi connectivity index (χ2n) is 5.29. The molecule has 2 rings (SSSR count). The number of allylic oxidation sites excluding steroid dienone is 1. The summed E-state index contributed by atoms with van der Waals surface area (Å²) in [5, 5.41) is 3.65. The summed E-state index contributed by atoms with van der Waals surface area (Å²) in [7, 11) is 0. The smallest absolute Gasteiger partial charge is 0.00813 e. The Labute approximate surface area is 105 Å². The molecule has 0 saturated carbocycles. The normalized spacial score (nSPS) is 28.9. The van der Waals surface area contributed by atoms with Crippen LogP contribution in [0, 0.1) is 0 Å². The lowest BCUT2D eigenvalue weighted by atomic mass is 9.70. The molecule has 1 heterocycles. The monoisotopic (exact) mass is 229 g/mol. The van der Waals surface area contributed by atoms with Crippen LogP contribution in [0.2, 0.25) is 0 Å². The van der Waals surface area contributed by atoms with Gasteiger partial charge < -0.3 is 5.32 Å². The largest absolute Gasteiger partial charge is 0.313 e. The van der Waals surface area contributed by atoms with Crippen LogP contribution in [0.15, 0.2) is 43.0 Å². The zero-order valence-electron chi connectivity index (χ0n) is 10.8. The molecule has 1 nitrogen and oxygen atoms in total. The summed E-state index contributed by atoms with van der Waals surface area (Å²) in [6.07, 6.45) is 6.92. The first-order valence-electron chi connectivity index (χ1n) is 6.67. The van der Waals surface area contributed by atoms with Gasteiger partial charge in [0.2, 0.25) is 0 Å². The van der Waals surface area contributed by atoms with Crippen molar-refractivity contribution in [1.29, 1.82) is 0 Å². The summed E-state index contributed by atoms with van der Waals surface area (Å²) in [5.41, 5.74) is 1.81. The average molecular weight is 229 g/mol. The molecule has 1 heteroatoms. The molecule has 17 heavy (non-hydrogen) atoms. The summed E-state index contributed by atoms with van der Waals surface area (Å²) in [6, 6.07) is 11.6. The third-order valence-corrected chi connectivity index (χ3v) is 4.06. The van der Waals surface area contributed by atoms with Crippen LogP contribution in [0.3, 0.4) is 0 Å². The highest BCUT2D eigenvalue weighted by atomic mass is 14.9. The van der Waals surface area contributed by atoms with Crippen LogP contribution in [0.25, 0.3) is 0 Å². The molecule has 0 aromatic heterocycles. The van der Waals surface area contributed by atoms with E-state index in [1.807, 2.05) is 6.08 Å². The Hall–Kier alpha value is -1.08. The first-order chi connectivity index (χ1) is 8.27. The van der Waals surface area contributed by atoms with Crippen LogP contribution >= 0.6 is 0 Å². The maximum Gasteiger partial charge on any atom is 0.00813 e.